The number of anilines is 2. The molecule has 2 aromatic rings. The van der Waals surface area contributed by atoms with E-state index >= 15 is 0 Å². The van der Waals surface area contributed by atoms with Gasteiger partial charge in [-0.15, -0.1) is 0 Å². The van der Waals surface area contributed by atoms with Crippen LogP contribution in [0.25, 0.3) is 11.2 Å². The minimum absolute atomic E-state index is 0.0441. The Hall–Kier alpha value is -2.01. The molecule has 8 N–H and O–H groups in total. The lowest BCUT2D eigenvalue weighted by Gasteiger charge is -2.15. The highest BCUT2D eigenvalue weighted by atomic mass is 16.5. The maximum Gasteiger partial charge on any atom is 0.224 e. The summed E-state index contributed by atoms with van der Waals surface area (Å²) in [7, 11) is 0. The fourth-order valence-electron chi connectivity index (χ4n) is 2.56. The molecule has 0 spiro atoms. The van der Waals surface area contributed by atoms with Gasteiger partial charge in [0.15, 0.2) is 11.5 Å². The SMILES string of the molecule is NC1CCCCC1.Nc1nc(N)c2ncn(COC(CO)CO)c2n1. The van der Waals surface area contributed by atoms with E-state index in [1.165, 1.54) is 38.4 Å². The predicted octanol–water partition coefficient (Wildman–Crippen LogP) is -0.404. The fourth-order valence-corrected chi connectivity index (χ4v) is 2.56. The van der Waals surface area contributed by atoms with Crippen molar-refractivity contribution in [2.75, 3.05) is 24.7 Å². The van der Waals surface area contributed by atoms with Gasteiger partial charge in [0.2, 0.25) is 5.95 Å². The van der Waals surface area contributed by atoms with Crippen molar-refractivity contribution in [3.63, 3.8) is 0 Å². The Kier molecular flexibility index (Phi) is 7.31. The molecule has 1 fully saturated rings. The molecule has 1 aliphatic rings. The Morgan fingerprint density at radius 2 is 1.84 bits per heavy atom. The topological polar surface area (TPSA) is 171 Å². The van der Waals surface area contributed by atoms with Crippen molar-refractivity contribution < 1.29 is 14.9 Å². The fraction of sp³-hybridized carbons (Fsp3) is 0.667. The van der Waals surface area contributed by atoms with E-state index in [2.05, 4.69) is 15.0 Å². The third-order valence-corrected chi connectivity index (χ3v) is 4.01. The van der Waals surface area contributed by atoms with Crippen LogP contribution in [0, 0.1) is 0 Å². The zero-order valence-electron chi connectivity index (χ0n) is 14.2. The number of nitrogen functional groups attached to an aromatic ring is 2. The van der Waals surface area contributed by atoms with Gasteiger partial charge in [-0.3, -0.25) is 4.57 Å². The average molecular weight is 353 g/mol. The molecule has 140 valence electrons. The minimum Gasteiger partial charge on any atom is -0.394 e. The number of hydrogen-bond donors (Lipinski definition) is 5. The van der Waals surface area contributed by atoms with E-state index in [4.69, 9.17) is 32.2 Å². The molecule has 3 rings (SSSR count). The number of rotatable bonds is 5. The van der Waals surface area contributed by atoms with Crippen molar-refractivity contribution >= 4 is 22.9 Å². The van der Waals surface area contributed by atoms with E-state index in [-0.39, 0.29) is 31.7 Å². The minimum atomic E-state index is -0.654. The Labute approximate surface area is 146 Å². The molecule has 0 unspecified atom stereocenters. The molecule has 0 aromatic carbocycles. The first-order chi connectivity index (χ1) is 12.0. The summed E-state index contributed by atoms with van der Waals surface area (Å²) in [5.41, 5.74) is 17.7. The smallest absolute Gasteiger partial charge is 0.224 e. The van der Waals surface area contributed by atoms with Gasteiger partial charge in [0.05, 0.1) is 19.5 Å². The van der Waals surface area contributed by atoms with Gasteiger partial charge in [0, 0.05) is 6.04 Å². The van der Waals surface area contributed by atoms with E-state index in [1.807, 2.05) is 0 Å². The Balaban J connectivity index is 0.000000269. The molecular weight excluding hydrogens is 326 g/mol. The van der Waals surface area contributed by atoms with Gasteiger partial charge in [-0.25, -0.2) is 4.98 Å². The van der Waals surface area contributed by atoms with Gasteiger partial charge < -0.3 is 32.2 Å². The molecule has 2 heterocycles. The van der Waals surface area contributed by atoms with Crippen LogP contribution in [0.3, 0.4) is 0 Å². The van der Waals surface area contributed by atoms with Crippen molar-refractivity contribution in [2.45, 2.75) is 51.0 Å². The molecule has 0 atom stereocenters. The quantitative estimate of drug-likeness (QED) is 0.479. The summed E-state index contributed by atoms with van der Waals surface area (Å²) in [6.45, 7) is -0.483. The third kappa shape index (κ3) is 5.49. The second-order valence-electron chi connectivity index (χ2n) is 6.03. The maximum atomic E-state index is 8.88. The Bertz CT molecular complexity index is 654. The summed E-state index contributed by atoms with van der Waals surface area (Å²) in [5, 5.41) is 17.8. The number of aliphatic hydroxyl groups excluding tert-OH is 2. The molecule has 0 amide bonds. The van der Waals surface area contributed by atoms with Crippen molar-refractivity contribution in [2.24, 2.45) is 5.73 Å². The van der Waals surface area contributed by atoms with Crippen LogP contribution in [-0.4, -0.2) is 55.1 Å². The molecular formula is C15H27N7O3. The highest BCUT2D eigenvalue weighted by Gasteiger charge is 2.12. The Morgan fingerprint density at radius 3 is 2.40 bits per heavy atom. The highest BCUT2D eigenvalue weighted by molar-refractivity contribution is 5.82. The molecule has 0 saturated heterocycles. The summed E-state index contributed by atoms with van der Waals surface area (Å²) < 4.78 is 6.81. The second kappa shape index (κ2) is 9.47. The zero-order valence-corrected chi connectivity index (χ0v) is 14.2. The van der Waals surface area contributed by atoms with E-state index in [9.17, 15) is 0 Å². The van der Waals surface area contributed by atoms with Crippen LogP contribution in [0.5, 0.6) is 0 Å². The molecule has 0 bridgehead atoms. The highest BCUT2D eigenvalue weighted by Crippen LogP contribution is 2.17. The number of fused-ring (bicyclic) bond motifs is 1. The first-order valence-corrected chi connectivity index (χ1v) is 8.37. The van der Waals surface area contributed by atoms with Crippen LogP contribution in [0.1, 0.15) is 32.1 Å². The lowest BCUT2D eigenvalue weighted by atomic mass is 9.97. The van der Waals surface area contributed by atoms with Gasteiger partial charge in [-0.1, -0.05) is 19.3 Å². The van der Waals surface area contributed by atoms with Crippen LogP contribution in [-0.2, 0) is 11.5 Å². The van der Waals surface area contributed by atoms with Gasteiger partial charge in [-0.05, 0) is 12.8 Å². The van der Waals surface area contributed by atoms with Gasteiger partial charge in [-0.2, -0.15) is 9.97 Å². The molecule has 0 radical (unpaired) electrons. The standard InChI is InChI=1S/C9H14N6O3.C6H13N/c10-7-6-8(14-9(11)13-7)15(3-12-6)4-18-5(1-16)2-17;7-6-4-2-1-3-5-6/h3,5,16-17H,1-2,4H2,(H4,10,11,13,14);6H,1-5,7H2. The number of ether oxygens (including phenoxy) is 1. The molecule has 1 saturated carbocycles. The largest absolute Gasteiger partial charge is 0.394 e. The van der Waals surface area contributed by atoms with E-state index in [0.29, 0.717) is 17.2 Å². The lowest BCUT2D eigenvalue weighted by molar-refractivity contribution is -0.0488. The van der Waals surface area contributed by atoms with Crippen LogP contribution in [0.4, 0.5) is 11.8 Å². The molecule has 1 aliphatic carbocycles. The van der Waals surface area contributed by atoms with Crippen molar-refractivity contribution in [3.8, 4) is 0 Å². The van der Waals surface area contributed by atoms with Crippen LogP contribution in [0.15, 0.2) is 6.33 Å². The Morgan fingerprint density at radius 1 is 1.16 bits per heavy atom. The normalized spacial score (nSPS) is 15.4. The number of nitrogens with two attached hydrogens (primary N) is 3. The lowest BCUT2D eigenvalue weighted by Crippen LogP contribution is -2.23. The van der Waals surface area contributed by atoms with E-state index in [1.54, 1.807) is 4.57 Å². The summed E-state index contributed by atoms with van der Waals surface area (Å²) in [5.74, 6) is 0.236. The predicted molar refractivity (Wildman–Crippen MR) is 94.3 cm³/mol. The summed E-state index contributed by atoms with van der Waals surface area (Å²) in [6.07, 6.45) is 7.48. The van der Waals surface area contributed by atoms with Gasteiger partial charge in [0.1, 0.15) is 18.4 Å². The van der Waals surface area contributed by atoms with Gasteiger partial charge >= 0.3 is 0 Å². The van der Waals surface area contributed by atoms with Crippen molar-refractivity contribution in [3.05, 3.63) is 6.33 Å². The first kappa shape index (κ1) is 19.3. The van der Waals surface area contributed by atoms with Crippen LogP contribution in [0.2, 0.25) is 0 Å². The van der Waals surface area contributed by atoms with Crippen LogP contribution < -0.4 is 17.2 Å². The summed E-state index contributed by atoms with van der Waals surface area (Å²) in [4.78, 5) is 11.8. The summed E-state index contributed by atoms with van der Waals surface area (Å²) >= 11 is 0. The number of aliphatic hydroxyl groups is 2. The van der Waals surface area contributed by atoms with Crippen molar-refractivity contribution in [1.82, 2.24) is 19.5 Å². The zero-order chi connectivity index (χ0) is 18.2. The number of imidazole rings is 1. The summed E-state index contributed by atoms with van der Waals surface area (Å²) in [6, 6.07) is 0.536. The number of nitrogens with zero attached hydrogens (tertiary/aromatic N) is 4. The average Bonchev–Trinajstić information content (AvgIpc) is 3.00. The van der Waals surface area contributed by atoms with Gasteiger partial charge in [0.25, 0.3) is 0 Å². The van der Waals surface area contributed by atoms with Crippen molar-refractivity contribution in [1.29, 1.82) is 0 Å². The molecule has 10 heteroatoms. The molecule has 0 aliphatic heterocycles. The second-order valence-corrected chi connectivity index (χ2v) is 6.03. The molecule has 25 heavy (non-hydrogen) atoms. The van der Waals surface area contributed by atoms with E-state index in [0.717, 1.165) is 0 Å². The monoisotopic (exact) mass is 353 g/mol. The maximum absolute atomic E-state index is 8.88. The molecule has 2 aromatic heterocycles. The van der Waals surface area contributed by atoms with Crippen LogP contribution >= 0.6 is 0 Å². The number of aromatic nitrogens is 4. The van der Waals surface area contributed by atoms with E-state index < -0.39 is 6.10 Å². The third-order valence-electron chi connectivity index (χ3n) is 4.01. The number of hydrogen-bond acceptors (Lipinski definition) is 9. The molecule has 10 nitrogen and oxygen atoms in total. The first-order valence-electron chi connectivity index (χ1n) is 8.37.